The Labute approximate surface area is 169 Å². The zero-order valence-corrected chi connectivity index (χ0v) is 15.9. The van der Waals surface area contributed by atoms with E-state index in [4.69, 9.17) is 11.6 Å². The molecule has 0 atom stereocenters. The number of amides is 1. The van der Waals surface area contributed by atoms with Gasteiger partial charge in [0.25, 0.3) is 0 Å². The highest BCUT2D eigenvalue weighted by Gasteiger charge is 2.38. The van der Waals surface area contributed by atoms with Gasteiger partial charge in [-0.25, -0.2) is 0 Å². The van der Waals surface area contributed by atoms with Gasteiger partial charge in [-0.1, -0.05) is 41.9 Å². The van der Waals surface area contributed by atoms with Crippen molar-refractivity contribution in [3.63, 3.8) is 0 Å². The fraction of sp³-hybridized carbons (Fsp3) is 0.316. The van der Waals surface area contributed by atoms with Gasteiger partial charge in [-0.05, 0) is 24.5 Å². The lowest BCUT2D eigenvalue weighted by atomic mass is 10.2. The SMILES string of the molecule is O=C(Cn1nc(C(F)(F)F)cc1C1CC1)Nc1nn(Cc2ccccc2)cc1Cl. The fourth-order valence-corrected chi connectivity index (χ4v) is 3.24. The first-order valence-electron chi connectivity index (χ1n) is 9.01. The number of nitrogens with one attached hydrogen (secondary N) is 1. The highest BCUT2D eigenvalue weighted by molar-refractivity contribution is 6.33. The molecule has 1 aliphatic carbocycles. The minimum atomic E-state index is -4.55. The van der Waals surface area contributed by atoms with Crippen LogP contribution in [-0.4, -0.2) is 25.5 Å². The van der Waals surface area contributed by atoms with E-state index in [0.29, 0.717) is 12.2 Å². The molecule has 6 nitrogen and oxygen atoms in total. The summed E-state index contributed by atoms with van der Waals surface area (Å²) in [6, 6.07) is 10.6. The van der Waals surface area contributed by atoms with Crippen molar-refractivity contribution in [3.8, 4) is 0 Å². The molecule has 1 N–H and O–H groups in total. The molecule has 152 valence electrons. The Morgan fingerprint density at radius 1 is 1.21 bits per heavy atom. The fourth-order valence-electron chi connectivity index (χ4n) is 3.04. The number of nitrogens with zero attached hydrogens (tertiary/aromatic N) is 4. The quantitative estimate of drug-likeness (QED) is 0.642. The molecule has 0 spiro atoms. The Morgan fingerprint density at radius 2 is 1.93 bits per heavy atom. The Kier molecular flexibility index (Phi) is 5.08. The molecule has 3 aromatic rings. The van der Waals surface area contributed by atoms with Gasteiger partial charge in [-0.15, -0.1) is 0 Å². The Balaban J connectivity index is 1.46. The molecule has 0 bridgehead atoms. The molecule has 29 heavy (non-hydrogen) atoms. The second-order valence-electron chi connectivity index (χ2n) is 6.94. The molecule has 4 rings (SSSR count). The summed E-state index contributed by atoms with van der Waals surface area (Å²) in [5, 5.41) is 10.6. The minimum absolute atomic E-state index is 0.0140. The van der Waals surface area contributed by atoms with Crippen molar-refractivity contribution in [2.75, 3.05) is 5.32 Å². The van der Waals surface area contributed by atoms with E-state index in [1.165, 1.54) is 0 Å². The summed E-state index contributed by atoms with van der Waals surface area (Å²) in [6.07, 6.45) is -1.39. The zero-order chi connectivity index (χ0) is 20.6. The molecule has 2 aromatic heterocycles. The van der Waals surface area contributed by atoms with Crippen LogP contribution in [0.2, 0.25) is 5.02 Å². The summed E-state index contributed by atoms with van der Waals surface area (Å²) in [7, 11) is 0. The Hall–Kier alpha value is -2.81. The average molecular weight is 424 g/mol. The Bertz CT molecular complexity index is 1020. The van der Waals surface area contributed by atoms with Gasteiger partial charge in [0.15, 0.2) is 11.5 Å². The predicted octanol–water partition coefficient (Wildman–Crippen LogP) is 4.32. The molecular formula is C19H17ClF3N5O. The maximum Gasteiger partial charge on any atom is 0.435 e. The van der Waals surface area contributed by atoms with Gasteiger partial charge in [0.1, 0.15) is 11.6 Å². The standard InChI is InChI=1S/C19H17ClF3N5O/c20-14-10-27(9-12-4-2-1-3-5-12)26-18(14)24-17(29)11-28-15(13-6-7-13)8-16(25-28)19(21,22)23/h1-5,8,10,13H,6-7,9,11H2,(H,24,26,29). The van der Waals surface area contributed by atoms with Crippen LogP contribution in [0.5, 0.6) is 0 Å². The third-order valence-corrected chi connectivity index (χ3v) is 4.83. The zero-order valence-electron chi connectivity index (χ0n) is 15.2. The first-order valence-corrected chi connectivity index (χ1v) is 9.39. The van der Waals surface area contributed by atoms with Crippen molar-refractivity contribution in [3.05, 3.63) is 64.6 Å². The number of hydrogen-bond donors (Lipinski definition) is 1. The van der Waals surface area contributed by atoms with Crippen LogP contribution >= 0.6 is 11.6 Å². The normalized spacial score (nSPS) is 14.2. The first kappa shape index (κ1) is 19.5. The number of halogens is 4. The lowest BCUT2D eigenvalue weighted by molar-refractivity contribution is -0.141. The maximum absolute atomic E-state index is 13.0. The molecule has 1 fully saturated rings. The van der Waals surface area contributed by atoms with Crippen LogP contribution in [0, 0.1) is 0 Å². The van der Waals surface area contributed by atoms with E-state index in [2.05, 4.69) is 15.5 Å². The third kappa shape index (κ3) is 4.61. The van der Waals surface area contributed by atoms with E-state index in [9.17, 15) is 18.0 Å². The number of alkyl halides is 3. The van der Waals surface area contributed by atoms with Gasteiger partial charge in [-0.2, -0.15) is 23.4 Å². The molecule has 1 amide bonds. The van der Waals surface area contributed by atoms with Crippen molar-refractivity contribution in [1.29, 1.82) is 0 Å². The van der Waals surface area contributed by atoms with Crippen molar-refractivity contribution in [2.24, 2.45) is 0 Å². The van der Waals surface area contributed by atoms with Gasteiger partial charge in [0, 0.05) is 17.8 Å². The van der Waals surface area contributed by atoms with E-state index < -0.39 is 17.8 Å². The molecule has 1 aliphatic rings. The molecule has 1 saturated carbocycles. The van der Waals surface area contributed by atoms with Gasteiger partial charge >= 0.3 is 6.18 Å². The predicted molar refractivity (Wildman–Crippen MR) is 101 cm³/mol. The third-order valence-electron chi connectivity index (χ3n) is 4.55. The van der Waals surface area contributed by atoms with Crippen LogP contribution in [0.3, 0.4) is 0 Å². The van der Waals surface area contributed by atoms with Crippen molar-refractivity contribution in [1.82, 2.24) is 19.6 Å². The van der Waals surface area contributed by atoms with Gasteiger partial charge in [0.05, 0.1) is 6.54 Å². The number of carbonyl (C=O) groups excluding carboxylic acids is 1. The van der Waals surface area contributed by atoms with E-state index in [1.807, 2.05) is 30.3 Å². The second kappa shape index (κ2) is 7.55. The molecule has 0 radical (unpaired) electrons. The van der Waals surface area contributed by atoms with Crippen molar-refractivity contribution >= 4 is 23.3 Å². The summed E-state index contributed by atoms with van der Waals surface area (Å²) in [6.45, 7) is 0.125. The second-order valence-corrected chi connectivity index (χ2v) is 7.35. The van der Waals surface area contributed by atoms with Gasteiger partial charge in [0.2, 0.25) is 5.91 Å². The van der Waals surface area contributed by atoms with E-state index in [1.54, 1.807) is 10.9 Å². The summed E-state index contributed by atoms with van der Waals surface area (Å²) in [5.41, 5.74) is 0.445. The van der Waals surface area contributed by atoms with Crippen LogP contribution in [0.15, 0.2) is 42.6 Å². The summed E-state index contributed by atoms with van der Waals surface area (Å²) >= 11 is 6.14. The van der Waals surface area contributed by atoms with Crippen LogP contribution < -0.4 is 5.32 Å². The molecule has 1 aromatic carbocycles. The van der Waals surface area contributed by atoms with E-state index in [0.717, 1.165) is 29.2 Å². The highest BCUT2D eigenvalue weighted by Crippen LogP contribution is 2.42. The molecular weight excluding hydrogens is 407 g/mol. The number of hydrogen-bond acceptors (Lipinski definition) is 3. The highest BCUT2D eigenvalue weighted by atomic mass is 35.5. The maximum atomic E-state index is 13.0. The summed E-state index contributed by atoms with van der Waals surface area (Å²) < 4.78 is 41.6. The average Bonchev–Trinajstić information content (AvgIpc) is 3.32. The molecule has 10 heteroatoms. The number of anilines is 1. The number of carbonyl (C=O) groups is 1. The van der Waals surface area contributed by atoms with Crippen molar-refractivity contribution in [2.45, 2.75) is 38.0 Å². The van der Waals surface area contributed by atoms with Gasteiger partial charge in [-0.3, -0.25) is 14.2 Å². The smallest absolute Gasteiger partial charge is 0.306 e. The van der Waals surface area contributed by atoms with E-state index in [-0.39, 0.29) is 23.3 Å². The first-order chi connectivity index (χ1) is 13.8. The number of benzene rings is 1. The number of rotatable bonds is 6. The lowest BCUT2D eigenvalue weighted by Gasteiger charge is -2.07. The molecule has 0 saturated heterocycles. The van der Waals surface area contributed by atoms with Crippen LogP contribution in [0.4, 0.5) is 19.0 Å². The summed E-state index contributed by atoms with van der Waals surface area (Å²) in [5.74, 6) is -0.376. The van der Waals surface area contributed by atoms with E-state index >= 15 is 0 Å². The van der Waals surface area contributed by atoms with Crippen molar-refractivity contribution < 1.29 is 18.0 Å². The molecule has 2 heterocycles. The Morgan fingerprint density at radius 3 is 2.59 bits per heavy atom. The molecule has 0 aliphatic heterocycles. The van der Waals surface area contributed by atoms with Crippen LogP contribution in [-0.2, 0) is 24.1 Å². The van der Waals surface area contributed by atoms with Gasteiger partial charge < -0.3 is 5.32 Å². The van der Waals surface area contributed by atoms with Crippen LogP contribution in [0.25, 0.3) is 0 Å². The largest absolute Gasteiger partial charge is 0.435 e. The molecule has 0 unspecified atom stereocenters. The minimum Gasteiger partial charge on any atom is -0.306 e. The summed E-state index contributed by atoms with van der Waals surface area (Å²) in [4.78, 5) is 12.4. The topological polar surface area (TPSA) is 64.7 Å². The van der Waals surface area contributed by atoms with Crippen LogP contribution in [0.1, 0.15) is 35.7 Å². The monoisotopic (exact) mass is 423 g/mol. The lowest BCUT2D eigenvalue weighted by Crippen LogP contribution is -2.21. The number of aromatic nitrogens is 4.